The van der Waals surface area contributed by atoms with E-state index in [1.807, 2.05) is 19.9 Å². The lowest BCUT2D eigenvalue weighted by Gasteiger charge is -2.34. The molecule has 1 fully saturated rings. The molecule has 4 nitrogen and oxygen atoms in total. The summed E-state index contributed by atoms with van der Waals surface area (Å²) in [6, 6.07) is 7.50. The van der Waals surface area contributed by atoms with Crippen molar-refractivity contribution in [3.05, 3.63) is 59.4 Å². The minimum atomic E-state index is -0.516. The van der Waals surface area contributed by atoms with Gasteiger partial charge in [-0.1, -0.05) is 0 Å². The summed E-state index contributed by atoms with van der Waals surface area (Å²) in [7, 11) is 0. The summed E-state index contributed by atoms with van der Waals surface area (Å²) < 4.78 is 13.0. The maximum atomic E-state index is 13.0. The van der Waals surface area contributed by atoms with Crippen molar-refractivity contribution in [2.45, 2.75) is 32.2 Å². The van der Waals surface area contributed by atoms with Gasteiger partial charge < -0.3 is 4.90 Å². The molecule has 1 saturated heterocycles. The molecule has 1 aliphatic heterocycles. The Labute approximate surface area is 129 Å². The highest BCUT2D eigenvalue weighted by molar-refractivity contribution is 5.94. The first-order valence-corrected chi connectivity index (χ1v) is 7.38. The van der Waals surface area contributed by atoms with Crippen LogP contribution in [0.2, 0.25) is 0 Å². The van der Waals surface area contributed by atoms with Gasteiger partial charge in [0.2, 0.25) is 0 Å². The van der Waals surface area contributed by atoms with Crippen LogP contribution in [-0.2, 0) is 5.54 Å². The minimum absolute atomic E-state index is 0.106. The number of carbonyl (C=O) groups is 1. The van der Waals surface area contributed by atoms with Gasteiger partial charge in [0, 0.05) is 24.0 Å². The summed E-state index contributed by atoms with van der Waals surface area (Å²) in [5.74, 6) is 0.216. The molecule has 5 heteroatoms. The lowest BCUT2D eigenvalue weighted by atomic mass is 9.96. The number of rotatable bonds is 2. The van der Waals surface area contributed by atoms with Crippen LogP contribution in [0.3, 0.4) is 0 Å². The number of carbonyl (C=O) groups excluding carboxylic acids is 1. The number of benzene rings is 1. The number of aromatic nitrogens is 2. The summed E-state index contributed by atoms with van der Waals surface area (Å²) in [4.78, 5) is 23.5. The number of nitrogens with zero attached hydrogens (tertiary/aromatic N) is 3. The van der Waals surface area contributed by atoms with E-state index in [4.69, 9.17) is 0 Å². The molecule has 22 heavy (non-hydrogen) atoms. The van der Waals surface area contributed by atoms with Crippen LogP contribution in [0.4, 0.5) is 4.39 Å². The van der Waals surface area contributed by atoms with Crippen LogP contribution in [0.5, 0.6) is 0 Å². The normalized spacial score (nSPS) is 21.1. The van der Waals surface area contributed by atoms with Gasteiger partial charge in [-0.15, -0.1) is 0 Å². The summed E-state index contributed by atoms with van der Waals surface area (Å²) in [6.45, 7) is 4.57. The molecule has 0 bridgehead atoms. The Morgan fingerprint density at radius 2 is 2.00 bits per heavy atom. The average molecular weight is 299 g/mol. The molecule has 2 aromatic rings. The monoisotopic (exact) mass is 299 g/mol. The van der Waals surface area contributed by atoms with Gasteiger partial charge in [-0.05, 0) is 57.0 Å². The number of hydrogen-bond donors (Lipinski definition) is 0. The fraction of sp³-hybridized carbons (Fsp3) is 0.353. The van der Waals surface area contributed by atoms with E-state index < -0.39 is 5.54 Å². The molecule has 0 unspecified atom stereocenters. The quantitative estimate of drug-likeness (QED) is 0.856. The highest BCUT2D eigenvalue weighted by Gasteiger charge is 2.43. The van der Waals surface area contributed by atoms with E-state index in [0.717, 1.165) is 18.5 Å². The van der Waals surface area contributed by atoms with E-state index in [0.29, 0.717) is 17.9 Å². The van der Waals surface area contributed by atoms with Crippen LogP contribution in [0.25, 0.3) is 0 Å². The summed E-state index contributed by atoms with van der Waals surface area (Å²) >= 11 is 0. The molecule has 2 heterocycles. The van der Waals surface area contributed by atoms with E-state index in [1.165, 1.54) is 24.3 Å². The van der Waals surface area contributed by atoms with E-state index in [1.54, 1.807) is 11.1 Å². The molecule has 3 rings (SSSR count). The van der Waals surface area contributed by atoms with E-state index in [9.17, 15) is 9.18 Å². The Morgan fingerprint density at radius 1 is 1.27 bits per heavy atom. The van der Waals surface area contributed by atoms with E-state index >= 15 is 0 Å². The third-order valence-corrected chi connectivity index (χ3v) is 4.25. The van der Waals surface area contributed by atoms with Crippen molar-refractivity contribution in [1.29, 1.82) is 0 Å². The van der Waals surface area contributed by atoms with Crippen molar-refractivity contribution in [3.8, 4) is 0 Å². The highest BCUT2D eigenvalue weighted by atomic mass is 19.1. The second-order valence-corrected chi connectivity index (χ2v) is 5.86. The number of amides is 1. The second-order valence-electron chi connectivity index (χ2n) is 5.86. The lowest BCUT2D eigenvalue weighted by Crippen LogP contribution is -2.44. The molecule has 1 aromatic heterocycles. The number of aryl methyl sites for hydroxylation is 1. The van der Waals surface area contributed by atoms with Crippen molar-refractivity contribution in [3.63, 3.8) is 0 Å². The van der Waals surface area contributed by atoms with Gasteiger partial charge in [-0.25, -0.2) is 14.4 Å². The maximum Gasteiger partial charge on any atom is 0.254 e. The average Bonchev–Trinajstić information content (AvgIpc) is 2.90. The summed E-state index contributed by atoms with van der Waals surface area (Å²) in [5.41, 5.74) is 0.854. The lowest BCUT2D eigenvalue weighted by molar-refractivity contribution is 0.0603. The Kier molecular flexibility index (Phi) is 3.64. The van der Waals surface area contributed by atoms with Gasteiger partial charge in [0.25, 0.3) is 5.91 Å². The standard InChI is InChI=1S/C17H18FN3O/c1-12-8-10-19-16(20-12)17(2)9-3-11-21(17)15(22)13-4-6-14(18)7-5-13/h4-8,10H,3,9,11H2,1-2H3/t17-/m1/s1. The first kappa shape index (κ1) is 14.6. The minimum Gasteiger partial charge on any atom is -0.326 e. The molecular formula is C17H18FN3O. The smallest absolute Gasteiger partial charge is 0.254 e. The van der Waals surface area contributed by atoms with Gasteiger partial charge in [0.05, 0.1) is 0 Å². The third kappa shape index (κ3) is 2.47. The van der Waals surface area contributed by atoms with Crippen molar-refractivity contribution in [2.24, 2.45) is 0 Å². The topological polar surface area (TPSA) is 46.1 Å². The SMILES string of the molecule is Cc1ccnc([C@@]2(C)CCCN2C(=O)c2ccc(F)cc2)n1. The van der Waals surface area contributed by atoms with E-state index in [-0.39, 0.29) is 11.7 Å². The molecule has 1 amide bonds. The zero-order valence-electron chi connectivity index (χ0n) is 12.7. The molecule has 1 aliphatic rings. The van der Waals surface area contributed by atoms with Crippen molar-refractivity contribution < 1.29 is 9.18 Å². The largest absolute Gasteiger partial charge is 0.326 e. The molecule has 0 aliphatic carbocycles. The predicted octanol–water partition coefficient (Wildman–Crippen LogP) is 3.08. The van der Waals surface area contributed by atoms with E-state index in [2.05, 4.69) is 9.97 Å². The number of halogens is 1. The fourth-order valence-electron chi connectivity index (χ4n) is 2.98. The van der Waals surface area contributed by atoms with Gasteiger partial charge in [-0.3, -0.25) is 4.79 Å². The van der Waals surface area contributed by atoms with Gasteiger partial charge >= 0.3 is 0 Å². The number of likely N-dealkylation sites (tertiary alicyclic amines) is 1. The summed E-state index contributed by atoms with van der Waals surface area (Å²) in [5, 5.41) is 0. The molecule has 1 atom stereocenters. The van der Waals surface area contributed by atoms with Crippen LogP contribution >= 0.6 is 0 Å². The Morgan fingerprint density at radius 3 is 2.68 bits per heavy atom. The molecule has 1 aromatic carbocycles. The van der Waals surface area contributed by atoms with Crippen LogP contribution in [0, 0.1) is 12.7 Å². The first-order valence-electron chi connectivity index (χ1n) is 7.38. The highest BCUT2D eigenvalue weighted by Crippen LogP contribution is 2.37. The molecule has 0 radical (unpaired) electrons. The van der Waals surface area contributed by atoms with Crippen LogP contribution in [0.15, 0.2) is 36.5 Å². The molecule has 0 saturated carbocycles. The third-order valence-electron chi connectivity index (χ3n) is 4.25. The van der Waals surface area contributed by atoms with Crippen molar-refractivity contribution in [2.75, 3.05) is 6.54 Å². The fourth-order valence-corrected chi connectivity index (χ4v) is 2.98. The zero-order valence-corrected chi connectivity index (χ0v) is 12.7. The number of hydrogen-bond acceptors (Lipinski definition) is 3. The van der Waals surface area contributed by atoms with Crippen LogP contribution in [0.1, 0.15) is 41.6 Å². The molecular weight excluding hydrogens is 281 g/mol. The Balaban J connectivity index is 1.95. The van der Waals surface area contributed by atoms with Gasteiger partial charge in [0.1, 0.15) is 11.4 Å². The first-order chi connectivity index (χ1) is 10.5. The zero-order chi connectivity index (χ0) is 15.7. The van der Waals surface area contributed by atoms with Gasteiger partial charge in [-0.2, -0.15) is 0 Å². The van der Waals surface area contributed by atoms with Crippen LogP contribution < -0.4 is 0 Å². The maximum absolute atomic E-state index is 13.0. The second kappa shape index (κ2) is 5.48. The summed E-state index contributed by atoms with van der Waals surface area (Å²) in [6.07, 6.45) is 3.45. The molecule has 0 spiro atoms. The van der Waals surface area contributed by atoms with Crippen LogP contribution in [-0.4, -0.2) is 27.3 Å². The van der Waals surface area contributed by atoms with Gasteiger partial charge in [0.15, 0.2) is 5.82 Å². The Hall–Kier alpha value is -2.30. The predicted molar refractivity (Wildman–Crippen MR) is 80.8 cm³/mol. The Bertz CT molecular complexity index is 701. The molecule has 114 valence electrons. The van der Waals surface area contributed by atoms with Crippen molar-refractivity contribution in [1.82, 2.24) is 14.9 Å². The van der Waals surface area contributed by atoms with Crippen molar-refractivity contribution >= 4 is 5.91 Å². The molecule has 0 N–H and O–H groups in total.